The molecule has 106 valence electrons. The molecular formula is C15H23ClN2O. The van der Waals surface area contributed by atoms with Crippen molar-refractivity contribution in [2.45, 2.75) is 39.7 Å². The van der Waals surface area contributed by atoms with Crippen LogP contribution in [-0.4, -0.2) is 24.2 Å². The molecule has 1 aromatic rings. The summed E-state index contributed by atoms with van der Waals surface area (Å²) in [5, 5.41) is 3.94. The van der Waals surface area contributed by atoms with E-state index in [9.17, 15) is 0 Å². The van der Waals surface area contributed by atoms with E-state index in [0.29, 0.717) is 17.0 Å². The lowest BCUT2D eigenvalue weighted by atomic mass is 9.93. The van der Waals surface area contributed by atoms with E-state index in [1.807, 2.05) is 13.0 Å². The van der Waals surface area contributed by atoms with Crippen LogP contribution in [0.1, 0.15) is 32.3 Å². The molecule has 2 rings (SSSR count). The van der Waals surface area contributed by atoms with Crippen LogP contribution in [0.2, 0.25) is 5.15 Å². The molecule has 2 heterocycles. The van der Waals surface area contributed by atoms with Crippen LogP contribution in [-0.2, 0) is 0 Å². The zero-order valence-electron chi connectivity index (χ0n) is 11.9. The summed E-state index contributed by atoms with van der Waals surface area (Å²) in [6.45, 7) is 8.65. The molecule has 0 aliphatic carbocycles. The molecule has 1 fully saturated rings. The van der Waals surface area contributed by atoms with E-state index < -0.39 is 0 Å². The Bertz CT molecular complexity index is 417. The quantitative estimate of drug-likeness (QED) is 0.840. The van der Waals surface area contributed by atoms with Crippen LogP contribution < -0.4 is 10.1 Å². The lowest BCUT2D eigenvalue weighted by Crippen LogP contribution is -2.30. The molecule has 0 aromatic carbocycles. The van der Waals surface area contributed by atoms with E-state index in [2.05, 4.69) is 24.1 Å². The van der Waals surface area contributed by atoms with Crippen molar-refractivity contribution in [2.24, 2.45) is 11.8 Å². The number of pyridine rings is 1. The average molecular weight is 283 g/mol. The summed E-state index contributed by atoms with van der Waals surface area (Å²) >= 11 is 5.89. The molecule has 0 spiro atoms. The number of halogens is 1. The standard InChI is InChI=1S/C15H23ClN2O/c1-10(2)6-13(12-4-5-17-8-12)19-14-9-18-15(16)7-11(14)3/h7,9-10,12-13,17H,4-6,8H2,1-3H3/t12-,13?/m0/s1. The van der Waals surface area contributed by atoms with Gasteiger partial charge >= 0.3 is 0 Å². The fourth-order valence-corrected chi connectivity index (χ4v) is 2.80. The third-order valence-corrected chi connectivity index (χ3v) is 3.84. The zero-order valence-corrected chi connectivity index (χ0v) is 12.7. The minimum Gasteiger partial charge on any atom is -0.488 e. The summed E-state index contributed by atoms with van der Waals surface area (Å²) in [7, 11) is 0. The van der Waals surface area contributed by atoms with E-state index in [4.69, 9.17) is 16.3 Å². The minimum atomic E-state index is 0.261. The zero-order chi connectivity index (χ0) is 13.8. The van der Waals surface area contributed by atoms with Crippen LogP contribution in [0.3, 0.4) is 0 Å². The first-order valence-electron chi connectivity index (χ1n) is 7.05. The molecule has 0 amide bonds. The number of rotatable bonds is 5. The minimum absolute atomic E-state index is 0.261. The molecular weight excluding hydrogens is 260 g/mol. The largest absolute Gasteiger partial charge is 0.488 e. The average Bonchev–Trinajstić information content (AvgIpc) is 2.84. The van der Waals surface area contributed by atoms with Crippen molar-refractivity contribution in [3.8, 4) is 5.75 Å². The highest BCUT2D eigenvalue weighted by atomic mass is 35.5. The Morgan fingerprint density at radius 1 is 1.53 bits per heavy atom. The van der Waals surface area contributed by atoms with Gasteiger partial charge in [-0.15, -0.1) is 0 Å². The first-order chi connectivity index (χ1) is 9.06. The number of hydrogen-bond donors (Lipinski definition) is 1. The number of ether oxygens (including phenoxy) is 1. The van der Waals surface area contributed by atoms with Gasteiger partial charge in [-0.25, -0.2) is 4.98 Å². The maximum absolute atomic E-state index is 6.23. The Labute approximate surface area is 120 Å². The first kappa shape index (κ1) is 14.6. The SMILES string of the molecule is Cc1cc(Cl)ncc1OC(CC(C)C)[C@H]1CCNC1. The predicted octanol–water partition coefficient (Wildman–Crippen LogP) is 3.45. The second kappa shape index (κ2) is 6.58. The monoisotopic (exact) mass is 282 g/mol. The second-order valence-corrected chi connectivity index (χ2v) is 6.20. The summed E-state index contributed by atoms with van der Waals surface area (Å²) in [6.07, 6.45) is 4.27. The van der Waals surface area contributed by atoms with Gasteiger partial charge in [-0.1, -0.05) is 25.4 Å². The molecule has 4 heteroatoms. The van der Waals surface area contributed by atoms with Gasteiger partial charge in [0.05, 0.1) is 6.20 Å². The van der Waals surface area contributed by atoms with Gasteiger partial charge in [0.15, 0.2) is 0 Å². The van der Waals surface area contributed by atoms with Gasteiger partial charge in [-0.05, 0) is 43.9 Å². The van der Waals surface area contributed by atoms with E-state index in [1.165, 1.54) is 6.42 Å². The van der Waals surface area contributed by atoms with Crippen molar-refractivity contribution in [1.29, 1.82) is 0 Å². The summed E-state index contributed by atoms with van der Waals surface area (Å²) in [5.41, 5.74) is 1.06. The molecule has 0 bridgehead atoms. The Balaban J connectivity index is 2.09. The maximum Gasteiger partial charge on any atom is 0.141 e. The van der Waals surface area contributed by atoms with Gasteiger partial charge in [0, 0.05) is 12.5 Å². The summed E-state index contributed by atoms with van der Waals surface area (Å²) in [5.74, 6) is 2.09. The van der Waals surface area contributed by atoms with Crippen LogP contribution in [0.25, 0.3) is 0 Å². The van der Waals surface area contributed by atoms with E-state index >= 15 is 0 Å². The highest BCUT2D eigenvalue weighted by Gasteiger charge is 2.27. The van der Waals surface area contributed by atoms with Crippen molar-refractivity contribution in [2.75, 3.05) is 13.1 Å². The van der Waals surface area contributed by atoms with Gasteiger partial charge in [0.2, 0.25) is 0 Å². The third-order valence-electron chi connectivity index (χ3n) is 3.64. The highest BCUT2D eigenvalue weighted by Crippen LogP contribution is 2.27. The van der Waals surface area contributed by atoms with Crippen LogP contribution >= 0.6 is 11.6 Å². The van der Waals surface area contributed by atoms with E-state index in [1.54, 1.807) is 6.20 Å². The van der Waals surface area contributed by atoms with Crippen molar-refractivity contribution in [1.82, 2.24) is 10.3 Å². The molecule has 1 aliphatic heterocycles. The number of nitrogens with one attached hydrogen (secondary N) is 1. The molecule has 0 saturated carbocycles. The summed E-state index contributed by atoms with van der Waals surface area (Å²) in [6, 6.07) is 1.86. The van der Waals surface area contributed by atoms with Crippen LogP contribution in [0, 0.1) is 18.8 Å². The van der Waals surface area contributed by atoms with Crippen molar-refractivity contribution < 1.29 is 4.74 Å². The van der Waals surface area contributed by atoms with Crippen molar-refractivity contribution in [3.63, 3.8) is 0 Å². The molecule has 0 radical (unpaired) electrons. The molecule has 2 atom stereocenters. The molecule has 1 aliphatic rings. The summed E-state index contributed by atoms with van der Waals surface area (Å²) < 4.78 is 6.23. The topological polar surface area (TPSA) is 34.1 Å². The summed E-state index contributed by atoms with van der Waals surface area (Å²) in [4.78, 5) is 4.12. The Kier molecular flexibility index (Phi) is 5.06. The predicted molar refractivity (Wildman–Crippen MR) is 78.8 cm³/mol. The third kappa shape index (κ3) is 4.08. The molecule has 1 unspecified atom stereocenters. The van der Waals surface area contributed by atoms with Gasteiger partial charge in [0.1, 0.15) is 17.0 Å². The molecule has 1 saturated heterocycles. The molecule has 19 heavy (non-hydrogen) atoms. The molecule has 1 N–H and O–H groups in total. The normalized spacial score (nSPS) is 20.8. The van der Waals surface area contributed by atoms with Crippen molar-refractivity contribution >= 4 is 11.6 Å². The van der Waals surface area contributed by atoms with E-state index in [0.717, 1.165) is 30.8 Å². The lowest BCUT2D eigenvalue weighted by molar-refractivity contribution is 0.118. The Morgan fingerprint density at radius 3 is 2.89 bits per heavy atom. The van der Waals surface area contributed by atoms with Gasteiger partial charge < -0.3 is 10.1 Å². The molecule has 3 nitrogen and oxygen atoms in total. The fourth-order valence-electron chi connectivity index (χ4n) is 2.59. The van der Waals surface area contributed by atoms with Gasteiger partial charge in [0.25, 0.3) is 0 Å². The number of nitrogens with zero attached hydrogens (tertiary/aromatic N) is 1. The number of hydrogen-bond acceptors (Lipinski definition) is 3. The van der Waals surface area contributed by atoms with Gasteiger partial charge in [-0.2, -0.15) is 0 Å². The fraction of sp³-hybridized carbons (Fsp3) is 0.667. The Morgan fingerprint density at radius 2 is 2.32 bits per heavy atom. The second-order valence-electron chi connectivity index (χ2n) is 5.81. The maximum atomic E-state index is 6.23. The highest BCUT2D eigenvalue weighted by molar-refractivity contribution is 6.29. The smallest absolute Gasteiger partial charge is 0.141 e. The number of aromatic nitrogens is 1. The van der Waals surface area contributed by atoms with Gasteiger partial charge in [-0.3, -0.25) is 0 Å². The molecule has 1 aromatic heterocycles. The Hall–Kier alpha value is -0.800. The van der Waals surface area contributed by atoms with Crippen molar-refractivity contribution in [3.05, 3.63) is 23.0 Å². The first-order valence-corrected chi connectivity index (χ1v) is 7.43. The lowest BCUT2D eigenvalue weighted by Gasteiger charge is -2.26. The number of aryl methyl sites for hydroxylation is 1. The van der Waals surface area contributed by atoms with Crippen LogP contribution in [0.15, 0.2) is 12.3 Å². The van der Waals surface area contributed by atoms with Crippen LogP contribution in [0.4, 0.5) is 0 Å². The van der Waals surface area contributed by atoms with E-state index in [-0.39, 0.29) is 6.10 Å². The van der Waals surface area contributed by atoms with Crippen LogP contribution in [0.5, 0.6) is 5.75 Å².